The summed E-state index contributed by atoms with van der Waals surface area (Å²) < 4.78 is 5.14. The van der Waals surface area contributed by atoms with Gasteiger partial charge in [-0.05, 0) is 36.4 Å². The third kappa shape index (κ3) is 2.87. The fourth-order valence-corrected chi connectivity index (χ4v) is 2.91. The molecule has 1 aromatic carbocycles. The Balaban J connectivity index is 2.13. The van der Waals surface area contributed by atoms with Gasteiger partial charge in [0.2, 0.25) is 0 Å². The van der Waals surface area contributed by atoms with Gasteiger partial charge >= 0.3 is 0 Å². The molecular weight excluding hydrogens is 320 g/mol. The van der Waals surface area contributed by atoms with Crippen LogP contribution in [0.2, 0.25) is 0 Å². The zero-order chi connectivity index (χ0) is 18.0. The second-order valence-electron chi connectivity index (χ2n) is 5.57. The van der Waals surface area contributed by atoms with E-state index in [0.717, 1.165) is 0 Å². The molecule has 0 saturated carbocycles. The number of benzene rings is 1. The molecule has 1 atom stereocenters. The van der Waals surface area contributed by atoms with Crippen LogP contribution in [0.25, 0.3) is 0 Å². The lowest BCUT2D eigenvalue weighted by Crippen LogP contribution is -2.31. The fourth-order valence-electron chi connectivity index (χ4n) is 2.91. The molecule has 0 radical (unpaired) electrons. The number of hydrogen-bond acceptors (Lipinski definition) is 5. The SMILES string of the molecule is CCC(=O)C1=C(O)C(=O)N(c2ccc(OC)cc2)C1c1ccccn1. The molecule has 0 fully saturated rings. The van der Waals surface area contributed by atoms with Crippen molar-refractivity contribution in [3.05, 3.63) is 65.7 Å². The minimum Gasteiger partial charge on any atom is -0.503 e. The molecule has 1 aliphatic rings. The van der Waals surface area contributed by atoms with Gasteiger partial charge in [0.15, 0.2) is 11.5 Å². The van der Waals surface area contributed by atoms with Gasteiger partial charge in [0.1, 0.15) is 11.8 Å². The van der Waals surface area contributed by atoms with Crippen LogP contribution in [-0.4, -0.2) is 28.9 Å². The van der Waals surface area contributed by atoms with E-state index in [9.17, 15) is 14.7 Å². The number of anilines is 1. The van der Waals surface area contributed by atoms with E-state index < -0.39 is 17.7 Å². The molecule has 128 valence electrons. The van der Waals surface area contributed by atoms with E-state index in [-0.39, 0.29) is 17.8 Å². The van der Waals surface area contributed by atoms with Crippen molar-refractivity contribution in [2.24, 2.45) is 0 Å². The Hall–Kier alpha value is -3.15. The minimum absolute atomic E-state index is 0.0852. The highest BCUT2D eigenvalue weighted by molar-refractivity contribution is 6.16. The number of amides is 1. The number of carbonyl (C=O) groups is 2. The van der Waals surface area contributed by atoms with E-state index in [0.29, 0.717) is 17.1 Å². The van der Waals surface area contributed by atoms with Gasteiger partial charge in [-0.2, -0.15) is 0 Å². The van der Waals surface area contributed by atoms with E-state index in [1.54, 1.807) is 62.7 Å². The van der Waals surface area contributed by atoms with E-state index in [4.69, 9.17) is 4.74 Å². The number of Topliss-reactive ketones (excluding diaryl/α,β-unsaturated/α-hetero) is 1. The molecule has 1 aromatic heterocycles. The first kappa shape index (κ1) is 16.7. The lowest BCUT2D eigenvalue weighted by Gasteiger charge is -2.26. The van der Waals surface area contributed by atoms with Gasteiger partial charge in [-0.1, -0.05) is 13.0 Å². The van der Waals surface area contributed by atoms with Crippen molar-refractivity contribution in [3.8, 4) is 5.75 Å². The van der Waals surface area contributed by atoms with E-state index in [1.165, 1.54) is 4.90 Å². The quantitative estimate of drug-likeness (QED) is 0.906. The highest BCUT2D eigenvalue weighted by Crippen LogP contribution is 2.40. The molecule has 6 heteroatoms. The topological polar surface area (TPSA) is 79.7 Å². The van der Waals surface area contributed by atoms with Crippen LogP contribution in [0, 0.1) is 0 Å². The number of pyridine rings is 1. The van der Waals surface area contributed by atoms with Crippen molar-refractivity contribution >= 4 is 17.4 Å². The average molecular weight is 338 g/mol. The van der Waals surface area contributed by atoms with Crippen LogP contribution < -0.4 is 9.64 Å². The molecule has 1 aliphatic heterocycles. The first-order chi connectivity index (χ1) is 12.1. The van der Waals surface area contributed by atoms with Crippen molar-refractivity contribution in [2.45, 2.75) is 19.4 Å². The lowest BCUT2D eigenvalue weighted by molar-refractivity contribution is -0.118. The molecule has 0 aliphatic carbocycles. The van der Waals surface area contributed by atoms with Gasteiger partial charge in [0, 0.05) is 18.3 Å². The molecular formula is C19H18N2O4. The van der Waals surface area contributed by atoms with Crippen LogP contribution in [0.15, 0.2) is 60.0 Å². The molecule has 3 rings (SSSR count). The van der Waals surface area contributed by atoms with Crippen LogP contribution in [0.1, 0.15) is 25.1 Å². The fraction of sp³-hybridized carbons (Fsp3) is 0.211. The number of rotatable bonds is 5. The summed E-state index contributed by atoms with van der Waals surface area (Å²) in [4.78, 5) is 30.7. The summed E-state index contributed by atoms with van der Waals surface area (Å²) in [6.45, 7) is 1.69. The predicted molar refractivity (Wildman–Crippen MR) is 92.4 cm³/mol. The second-order valence-corrected chi connectivity index (χ2v) is 5.57. The largest absolute Gasteiger partial charge is 0.503 e. The maximum Gasteiger partial charge on any atom is 0.294 e. The minimum atomic E-state index is -0.755. The van der Waals surface area contributed by atoms with Crippen LogP contribution in [0.3, 0.4) is 0 Å². The number of aliphatic hydroxyl groups is 1. The molecule has 2 heterocycles. The zero-order valence-electron chi connectivity index (χ0n) is 14.0. The maximum atomic E-state index is 12.7. The normalized spacial score (nSPS) is 17.1. The predicted octanol–water partition coefficient (Wildman–Crippen LogP) is 2.97. The van der Waals surface area contributed by atoms with Crippen molar-refractivity contribution in [3.63, 3.8) is 0 Å². The van der Waals surface area contributed by atoms with Crippen LogP contribution in [-0.2, 0) is 9.59 Å². The number of hydrogen-bond donors (Lipinski definition) is 1. The summed E-state index contributed by atoms with van der Waals surface area (Å²) in [5.41, 5.74) is 1.15. The monoisotopic (exact) mass is 338 g/mol. The van der Waals surface area contributed by atoms with Gasteiger partial charge in [-0.3, -0.25) is 19.5 Å². The standard InChI is InChI=1S/C19H18N2O4/c1-3-15(22)16-17(14-6-4-5-11-20-14)21(19(24)18(16)23)12-7-9-13(25-2)10-8-12/h4-11,17,23H,3H2,1-2H3. The molecule has 6 nitrogen and oxygen atoms in total. The van der Waals surface area contributed by atoms with Gasteiger partial charge in [0.25, 0.3) is 5.91 Å². The number of ketones is 1. The summed E-state index contributed by atoms with van der Waals surface area (Å²) in [5.74, 6) is -0.764. The Morgan fingerprint density at radius 3 is 2.52 bits per heavy atom. The summed E-state index contributed by atoms with van der Waals surface area (Å²) in [6, 6.07) is 11.4. The highest BCUT2D eigenvalue weighted by Gasteiger charge is 2.44. The summed E-state index contributed by atoms with van der Waals surface area (Å²) in [7, 11) is 1.55. The third-order valence-electron chi connectivity index (χ3n) is 4.15. The van der Waals surface area contributed by atoms with Gasteiger partial charge in [-0.15, -0.1) is 0 Å². The van der Waals surface area contributed by atoms with Crippen LogP contribution in [0.4, 0.5) is 5.69 Å². The molecule has 1 unspecified atom stereocenters. The summed E-state index contributed by atoms with van der Waals surface area (Å²) in [6.07, 6.45) is 1.78. The first-order valence-electron chi connectivity index (χ1n) is 7.93. The number of ether oxygens (including phenoxy) is 1. The Morgan fingerprint density at radius 2 is 1.96 bits per heavy atom. The van der Waals surface area contributed by atoms with Gasteiger partial charge in [0.05, 0.1) is 18.4 Å². The van der Waals surface area contributed by atoms with Crippen LogP contribution in [0.5, 0.6) is 5.75 Å². The highest BCUT2D eigenvalue weighted by atomic mass is 16.5. The van der Waals surface area contributed by atoms with E-state index in [2.05, 4.69) is 4.98 Å². The van der Waals surface area contributed by atoms with Gasteiger partial charge < -0.3 is 9.84 Å². The van der Waals surface area contributed by atoms with Crippen molar-refractivity contribution in [1.82, 2.24) is 4.98 Å². The lowest BCUT2D eigenvalue weighted by atomic mass is 9.98. The Kier molecular flexibility index (Phi) is 4.52. The molecule has 1 N–H and O–H groups in total. The smallest absolute Gasteiger partial charge is 0.294 e. The molecule has 0 spiro atoms. The van der Waals surface area contributed by atoms with Crippen LogP contribution >= 0.6 is 0 Å². The van der Waals surface area contributed by atoms with Crippen molar-refractivity contribution < 1.29 is 19.4 Å². The average Bonchev–Trinajstić information content (AvgIpc) is 2.93. The Labute approximate surface area is 145 Å². The third-order valence-corrected chi connectivity index (χ3v) is 4.15. The van der Waals surface area contributed by atoms with Crippen molar-refractivity contribution in [1.29, 1.82) is 0 Å². The molecule has 25 heavy (non-hydrogen) atoms. The number of nitrogens with zero attached hydrogens (tertiary/aromatic N) is 2. The number of aliphatic hydroxyl groups excluding tert-OH is 1. The van der Waals surface area contributed by atoms with Crippen molar-refractivity contribution in [2.75, 3.05) is 12.0 Å². The second kappa shape index (κ2) is 6.76. The summed E-state index contributed by atoms with van der Waals surface area (Å²) in [5, 5.41) is 10.3. The Morgan fingerprint density at radius 1 is 1.24 bits per heavy atom. The number of carbonyl (C=O) groups excluding carboxylic acids is 2. The molecule has 2 aromatic rings. The summed E-state index contributed by atoms with van der Waals surface area (Å²) >= 11 is 0. The number of methoxy groups -OCH3 is 1. The number of aromatic nitrogens is 1. The van der Waals surface area contributed by atoms with Gasteiger partial charge in [-0.25, -0.2) is 0 Å². The molecule has 0 bridgehead atoms. The zero-order valence-corrected chi connectivity index (χ0v) is 14.0. The Bertz CT molecular complexity index is 828. The van der Waals surface area contributed by atoms with E-state index >= 15 is 0 Å². The molecule has 1 amide bonds. The first-order valence-corrected chi connectivity index (χ1v) is 7.93. The van der Waals surface area contributed by atoms with E-state index in [1.807, 2.05) is 0 Å². The maximum absolute atomic E-state index is 12.7. The molecule has 0 saturated heterocycles.